The summed E-state index contributed by atoms with van der Waals surface area (Å²) in [7, 11) is 0. The first-order valence-corrected chi connectivity index (χ1v) is 5.86. The van der Waals surface area contributed by atoms with Gasteiger partial charge in [0, 0.05) is 5.02 Å². The largest absolute Gasteiger partial charge is 0.426 e. The molecule has 0 spiro atoms. The van der Waals surface area contributed by atoms with E-state index in [0.29, 0.717) is 10.7 Å². The third kappa shape index (κ3) is 2.21. The van der Waals surface area contributed by atoms with Gasteiger partial charge in [0.2, 0.25) is 0 Å². The molecule has 0 atom stereocenters. The number of aryl methyl sites for hydroxylation is 1. The molecule has 0 aliphatic carbocycles. The minimum absolute atomic E-state index is 0.229. The molecule has 17 heavy (non-hydrogen) atoms. The van der Waals surface area contributed by atoms with Gasteiger partial charge in [-0.1, -0.05) is 11.6 Å². The molecule has 0 saturated heterocycles. The van der Waals surface area contributed by atoms with E-state index in [2.05, 4.69) is 15.9 Å². The maximum atomic E-state index is 11.9. The van der Waals surface area contributed by atoms with Crippen molar-refractivity contribution in [3.8, 4) is 5.69 Å². The first-order valence-electron chi connectivity index (χ1n) is 4.69. The first-order chi connectivity index (χ1) is 8.00. The summed E-state index contributed by atoms with van der Waals surface area (Å²) < 4.78 is 6.10. The summed E-state index contributed by atoms with van der Waals surface area (Å²) in [6.07, 6.45) is 0. The van der Waals surface area contributed by atoms with Crippen molar-refractivity contribution < 1.29 is 4.42 Å². The highest BCUT2D eigenvalue weighted by Crippen LogP contribution is 2.13. The van der Waals surface area contributed by atoms with E-state index < -0.39 is 11.3 Å². The molecule has 88 valence electrons. The Hall–Kier alpha value is -1.33. The fourth-order valence-corrected chi connectivity index (χ4v) is 1.75. The van der Waals surface area contributed by atoms with Crippen molar-refractivity contribution in [2.24, 2.45) is 0 Å². The van der Waals surface area contributed by atoms with E-state index in [9.17, 15) is 9.59 Å². The Balaban J connectivity index is 2.77. The molecule has 0 saturated carbocycles. The molecule has 0 amide bonds. The van der Waals surface area contributed by atoms with Crippen LogP contribution in [-0.4, -0.2) is 4.57 Å². The number of hydrogen-bond acceptors (Lipinski definition) is 3. The molecular formula is C11H7BrClNO3. The molecule has 1 aromatic heterocycles. The predicted molar refractivity (Wildman–Crippen MR) is 68.0 cm³/mol. The fourth-order valence-electron chi connectivity index (χ4n) is 1.37. The van der Waals surface area contributed by atoms with Crippen LogP contribution >= 0.6 is 27.5 Å². The molecule has 0 aliphatic heterocycles. The zero-order chi connectivity index (χ0) is 12.6. The minimum atomic E-state index is -0.724. The van der Waals surface area contributed by atoms with Crippen molar-refractivity contribution in [3.05, 3.63) is 60.4 Å². The highest BCUT2D eigenvalue weighted by Gasteiger charge is 2.12. The lowest BCUT2D eigenvalue weighted by molar-refractivity contribution is 0.428. The van der Waals surface area contributed by atoms with Gasteiger partial charge in [0.25, 0.3) is 5.56 Å². The molecule has 0 aliphatic rings. The highest BCUT2D eigenvalue weighted by molar-refractivity contribution is 9.10. The minimum Gasteiger partial charge on any atom is -0.413 e. The first kappa shape index (κ1) is 12.1. The second-order valence-electron chi connectivity index (χ2n) is 3.36. The van der Waals surface area contributed by atoms with Crippen molar-refractivity contribution >= 4 is 27.5 Å². The fraction of sp³-hybridized carbons (Fsp3) is 0.0909. The quantitative estimate of drug-likeness (QED) is 0.812. The van der Waals surface area contributed by atoms with E-state index in [1.807, 2.05) is 0 Å². The number of rotatable bonds is 1. The van der Waals surface area contributed by atoms with Crippen LogP contribution in [0.1, 0.15) is 5.76 Å². The second-order valence-corrected chi connectivity index (χ2v) is 4.58. The summed E-state index contributed by atoms with van der Waals surface area (Å²) in [6.45, 7) is 1.54. The molecule has 4 nitrogen and oxygen atoms in total. The van der Waals surface area contributed by atoms with Crippen LogP contribution in [0.15, 0.2) is 42.7 Å². The molecule has 0 N–H and O–H groups in total. The van der Waals surface area contributed by atoms with Crippen LogP contribution in [0.2, 0.25) is 5.02 Å². The van der Waals surface area contributed by atoms with Crippen molar-refractivity contribution in [1.29, 1.82) is 0 Å². The van der Waals surface area contributed by atoms with Gasteiger partial charge in [-0.05, 0) is 47.1 Å². The maximum Gasteiger partial charge on any atom is 0.426 e. The summed E-state index contributed by atoms with van der Waals surface area (Å²) in [4.78, 5) is 23.6. The predicted octanol–water partition coefficient (Wildman–Crippen LogP) is 2.52. The summed E-state index contributed by atoms with van der Waals surface area (Å²) in [6, 6.07) is 6.33. The lowest BCUT2D eigenvalue weighted by Crippen LogP contribution is -2.32. The number of halogens is 2. The van der Waals surface area contributed by atoms with Crippen LogP contribution in [0.4, 0.5) is 0 Å². The van der Waals surface area contributed by atoms with Gasteiger partial charge < -0.3 is 4.42 Å². The van der Waals surface area contributed by atoms with Gasteiger partial charge in [-0.25, -0.2) is 9.36 Å². The van der Waals surface area contributed by atoms with E-state index in [1.54, 1.807) is 31.2 Å². The van der Waals surface area contributed by atoms with Crippen LogP contribution in [-0.2, 0) is 0 Å². The Kier molecular flexibility index (Phi) is 3.22. The number of benzene rings is 1. The Morgan fingerprint density at radius 3 is 2.41 bits per heavy atom. The van der Waals surface area contributed by atoms with Crippen LogP contribution in [0.3, 0.4) is 0 Å². The summed E-state index contributed by atoms with van der Waals surface area (Å²) in [5.41, 5.74) is -0.0464. The monoisotopic (exact) mass is 315 g/mol. The van der Waals surface area contributed by atoms with Crippen molar-refractivity contribution in [2.75, 3.05) is 0 Å². The average Bonchev–Trinajstić information content (AvgIpc) is 2.29. The lowest BCUT2D eigenvalue weighted by Gasteiger charge is -2.05. The molecule has 0 radical (unpaired) electrons. The van der Waals surface area contributed by atoms with Crippen LogP contribution in [0.5, 0.6) is 0 Å². The Morgan fingerprint density at radius 1 is 1.24 bits per heavy atom. The zero-order valence-corrected chi connectivity index (χ0v) is 11.1. The molecular weight excluding hydrogens is 309 g/mol. The Morgan fingerprint density at radius 2 is 1.82 bits per heavy atom. The molecule has 1 aromatic carbocycles. The molecule has 0 unspecified atom stereocenters. The SMILES string of the molecule is Cc1oc(=O)n(-c2ccc(Cl)cc2)c(=O)c1Br. The number of aromatic nitrogens is 1. The van der Waals surface area contributed by atoms with Gasteiger partial charge in [-0.2, -0.15) is 0 Å². The van der Waals surface area contributed by atoms with Crippen molar-refractivity contribution in [1.82, 2.24) is 4.57 Å². The highest BCUT2D eigenvalue weighted by atomic mass is 79.9. The Bertz CT molecular complexity index is 673. The van der Waals surface area contributed by atoms with Gasteiger partial charge in [0.05, 0.1) is 5.69 Å². The van der Waals surface area contributed by atoms with E-state index in [-0.39, 0.29) is 10.2 Å². The third-order valence-corrected chi connectivity index (χ3v) is 3.36. The van der Waals surface area contributed by atoms with Crippen LogP contribution < -0.4 is 11.3 Å². The molecule has 2 aromatic rings. The van der Waals surface area contributed by atoms with Crippen molar-refractivity contribution in [2.45, 2.75) is 6.92 Å². The molecule has 0 bridgehead atoms. The van der Waals surface area contributed by atoms with E-state index in [1.165, 1.54) is 0 Å². The summed E-state index contributed by atoms with van der Waals surface area (Å²) in [5.74, 6) is -0.469. The van der Waals surface area contributed by atoms with Gasteiger partial charge in [-0.3, -0.25) is 4.79 Å². The lowest BCUT2D eigenvalue weighted by atomic mass is 10.3. The normalized spacial score (nSPS) is 10.5. The van der Waals surface area contributed by atoms with Gasteiger partial charge in [0.15, 0.2) is 0 Å². The van der Waals surface area contributed by atoms with Gasteiger partial charge in [-0.15, -0.1) is 0 Å². The second kappa shape index (κ2) is 4.50. The average molecular weight is 317 g/mol. The van der Waals surface area contributed by atoms with E-state index in [4.69, 9.17) is 16.0 Å². The summed E-state index contributed by atoms with van der Waals surface area (Å²) >= 11 is 8.82. The van der Waals surface area contributed by atoms with Crippen molar-refractivity contribution in [3.63, 3.8) is 0 Å². The maximum absolute atomic E-state index is 11.9. The zero-order valence-electron chi connectivity index (χ0n) is 8.74. The number of nitrogens with zero attached hydrogens (tertiary/aromatic N) is 1. The van der Waals surface area contributed by atoms with E-state index >= 15 is 0 Å². The van der Waals surface area contributed by atoms with Crippen LogP contribution in [0.25, 0.3) is 5.69 Å². The standard InChI is InChI=1S/C11H7BrClNO3/c1-6-9(12)10(15)14(11(16)17-6)8-4-2-7(13)3-5-8/h2-5H,1H3. The van der Waals surface area contributed by atoms with Gasteiger partial charge >= 0.3 is 5.76 Å². The molecule has 1 heterocycles. The topological polar surface area (TPSA) is 52.2 Å². The summed E-state index contributed by atoms with van der Waals surface area (Å²) in [5, 5.41) is 0.525. The number of hydrogen-bond donors (Lipinski definition) is 0. The van der Waals surface area contributed by atoms with Crippen LogP contribution in [0, 0.1) is 6.92 Å². The smallest absolute Gasteiger partial charge is 0.413 e. The molecule has 2 rings (SSSR count). The third-order valence-electron chi connectivity index (χ3n) is 2.21. The Labute approximate surface area is 110 Å². The van der Waals surface area contributed by atoms with E-state index in [0.717, 1.165) is 4.57 Å². The molecule has 0 fully saturated rings. The van der Waals surface area contributed by atoms with Gasteiger partial charge in [0.1, 0.15) is 10.2 Å². The molecule has 6 heteroatoms.